The van der Waals surface area contributed by atoms with Gasteiger partial charge < -0.3 is 29.5 Å². The van der Waals surface area contributed by atoms with Gasteiger partial charge in [0, 0.05) is 61.3 Å². The Labute approximate surface area is 301 Å². The van der Waals surface area contributed by atoms with E-state index in [9.17, 15) is 20.1 Å². The van der Waals surface area contributed by atoms with E-state index >= 15 is 0 Å². The number of aliphatic carboxylic acids is 1. The van der Waals surface area contributed by atoms with E-state index in [-0.39, 0.29) is 25.4 Å². The zero-order chi connectivity index (χ0) is 35.3. The lowest BCUT2D eigenvalue weighted by molar-refractivity contribution is -0.145. The van der Waals surface area contributed by atoms with Gasteiger partial charge in [0.05, 0.1) is 29.4 Å². The number of pyridine rings is 1. The molecule has 2 aliphatic rings. The molecule has 0 unspecified atom stereocenters. The third-order valence-electron chi connectivity index (χ3n) is 9.24. The average molecular weight is 723 g/mol. The average Bonchev–Trinajstić information content (AvgIpc) is 3.52. The van der Waals surface area contributed by atoms with E-state index < -0.39 is 18.1 Å². The number of hydrogen-bond acceptors (Lipinski definition) is 9. The summed E-state index contributed by atoms with van der Waals surface area (Å²) < 4.78 is 18.9. The number of carbonyl (C=O) groups is 1. The predicted molar refractivity (Wildman–Crippen MR) is 191 cm³/mol. The molecule has 0 amide bonds. The summed E-state index contributed by atoms with van der Waals surface area (Å²) in [5, 5.41) is 32.7. The Bertz CT molecular complexity index is 1810. The minimum atomic E-state index is -1.55. The lowest BCUT2D eigenvalue weighted by Crippen LogP contribution is -2.52. The Hall–Kier alpha value is -3.90. The van der Waals surface area contributed by atoms with Gasteiger partial charge in [0.15, 0.2) is 0 Å². The largest absolute Gasteiger partial charge is 0.492 e. The summed E-state index contributed by atoms with van der Waals surface area (Å²) in [5.74, 6) is 0.358. The van der Waals surface area contributed by atoms with Crippen LogP contribution in [0.1, 0.15) is 48.1 Å². The van der Waals surface area contributed by atoms with Gasteiger partial charge in [0.25, 0.3) is 0 Å². The van der Waals surface area contributed by atoms with E-state index in [2.05, 4.69) is 27.3 Å². The van der Waals surface area contributed by atoms with Gasteiger partial charge in [-0.05, 0) is 61.1 Å². The van der Waals surface area contributed by atoms with Gasteiger partial charge in [-0.3, -0.25) is 20.0 Å². The monoisotopic (exact) mass is 721 g/mol. The Balaban J connectivity index is 1.20. The number of aromatic nitrogens is 1. The molecule has 0 spiro atoms. The van der Waals surface area contributed by atoms with Gasteiger partial charge >= 0.3 is 5.97 Å². The molecule has 0 bridgehead atoms. The number of aliphatic hydroxyl groups excluding tert-OH is 2. The van der Waals surface area contributed by atoms with E-state index in [0.29, 0.717) is 39.5 Å². The molecule has 0 saturated carbocycles. The number of fused-ring (bicyclic) bond motifs is 1. The fraction of sp³-hybridized carbons (Fsp3) is 0.368. The van der Waals surface area contributed by atoms with E-state index in [0.717, 1.165) is 66.7 Å². The summed E-state index contributed by atoms with van der Waals surface area (Å²) in [7, 11) is 0. The third-order valence-corrected chi connectivity index (χ3v) is 9.93. The molecule has 4 aromatic rings. The number of likely N-dealkylation sites (tertiary alicyclic amines) is 1. The van der Waals surface area contributed by atoms with Crippen LogP contribution < -0.4 is 19.5 Å². The lowest BCUT2D eigenvalue weighted by Gasteiger charge is -2.35. The van der Waals surface area contributed by atoms with Gasteiger partial charge in [-0.2, -0.15) is 0 Å². The van der Waals surface area contributed by atoms with Gasteiger partial charge in [-0.1, -0.05) is 59.6 Å². The molecule has 2 atom stereocenters. The maximum absolute atomic E-state index is 11.8. The predicted octanol–water partition coefficient (Wildman–Crippen LogP) is 6.07. The van der Waals surface area contributed by atoms with Crippen molar-refractivity contribution >= 4 is 29.2 Å². The van der Waals surface area contributed by atoms with Crippen molar-refractivity contribution in [1.29, 1.82) is 0 Å². The standard InChI is InChI=1S/C38H41Cl2N3O7/c1-38(23-44,37(46)47)42-19-25-16-31(39)35(17-34(25)49-22-24-6-4-13-41-18-24)50-32-12-11-28-27(7-2-8-29(28)32)30-9-3-10-33(36(30)40)48-15-5-14-43-20-26(45)21-43/h2-4,6-10,13,16-18,26,32,42,44-45H,5,11-12,14-15,19-23H2,1H3,(H,46,47)/t32-,38-/m0/s1. The molecule has 1 aromatic heterocycles. The maximum Gasteiger partial charge on any atom is 0.326 e. The SMILES string of the molecule is C[C@@](CO)(NCc1cc(Cl)c(O[C@H]2CCc3c(-c4cccc(OCCCN5CC(O)C5)c4Cl)cccc32)cc1OCc1cccnc1)C(=O)O. The van der Waals surface area contributed by atoms with E-state index in [4.69, 9.17) is 37.4 Å². The molecule has 1 aliphatic carbocycles. The van der Waals surface area contributed by atoms with Crippen molar-refractivity contribution in [3.8, 4) is 28.4 Å². The highest BCUT2D eigenvalue weighted by molar-refractivity contribution is 6.35. The summed E-state index contributed by atoms with van der Waals surface area (Å²) in [6, 6.07) is 19.1. The molecule has 4 N–H and O–H groups in total. The molecule has 264 valence electrons. The number of aliphatic hydroxyl groups is 2. The molecule has 1 saturated heterocycles. The number of carboxylic acid groups (broad SMARTS) is 1. The topological polar surface area (TPSA) is 134 Å². The normalized spacial score (nSPS) is 17.1. The van der Waals surface area contributed by atoms with Gasteiger partial charge in [-0.25, -0.2) is 0 Å². The Morgan fingerprint density at radius 3 is 2.58 bits per heavy atom. The molecule has 0 radical (unpaired) electrons. The number of halogens is 2. The minimum absolute atomic E-state index is 0.0769. The molecular formula is C38H41Cl2N3O7. The van der Waals surface area contributed by atoms with Crippen LogP contribution in [0.15, 0.2) is 73.1 Å². The molecule has 12 heteroatoms. The zero-order valence-corrected chi connectivity index (χ0v) is 29.3. The Kier molecular flexibility index (Phi) is 11.5. The first-order chi connectivity index (χ1) is 24.1. The molecule has 3 aromatic carbocycles. The first-order valence-corrected chi connectivity index (χ1v) is 17.4. The van der Waals surface area contributed by atoms with Crippen molar-refractivity contribution in [2.45, 2.75) is 57.1 Å². The van der Waals surface area contributed by atoms with Crippen LogP contribution in [0.5, 0.6) is 17.2 Å². The highest BCUT2D eigenvalue weighted by Gasteiger charge is 2.33. The quantitative estimate of drug-likeness (QED) is 0.101. The zero-order valence-electron chi connectivity index (χ0n) is 27.8. The third kappa shape index (κ3) is 8.18. The van der Waals surface area contributed by atoms with Crippen LogP contribution in [0.25, 0.3) is 11.1 Å². The first-order valence-electron chi connectivity index (χ1n) is 16.7. The molecule has 6 rings (SSSR count). The van der Waals surface area contributed by atoms with E-state index in [1.54, 1.807) is 24.5 Å². The second-order valence-electron chi connectivity index (χ2n) is 12.9. The van der Waals surface area contributed by atoms with Crippen molar-refractivity contribution in [2.24, 2.45) is 0 Å². The van der Waals surface area contributed by atoms with E-state index in [1.807, 2.05) is 36.4 Å². The number of benzene rings is 3. The minimum Gasteiger partial charge on any atom is -0.492 e. The molecule has 1 aliphatic heterocycles. The second-order valence-corrected chi connectivity index (χ2v) is 13.7. The number of carboxylic acids is 1. The summed E-state index contributed by atoms with van der Waals surface area (Å²) in [4.78, 5) is 18.1. The Morgan fingerprint density at radius 2 is 1.84 bits per heavy atom. The fourth-order valence-corrected chi connectivity index (χ4v) is 6.76. The number of nitrogens with one attached hydrogen (secondary N) is 1. The molecule has 2 heterocycles. The second kappa shape index (κ2) is 16.0. The number of nitrogens with zero attached hydrogens (tertiary/aromatic N) is 2. The van der Waals surface area contributed by atoms with Crippen molar-refractivity contribution in [2.75, 3.05) is 32.8 Å². The number of rotatable bonds is 16. The number of β-amino-alcohol motifs (C(OH)–C–C–N with tert-alkyl or cyclic N) is 1. The van der Waals surface area contributed by atoms with Crippen molar-refractivity contribution in [3.05, 3.63) is 105 Å². The number of hydrogen-bond donors (Lipinski definition) is 4. The summed E-state index contributed by atoms with van der Waals surface area (Å²) in [6.45, 7) is 3.95. The van der Waals surface area contributed by atoms with Crippen LogP contribution in [0.2, 0.25) is 10.0 Å². The van der Waals surface area contributed by atoms with Crippen molar-refractivity contribution in [3.63, 3.8) is 0 Å². The van der Waals surface area contributed by atoms with Crippen LogP contribution in [0, 0.1) is 0 Å². The smallest absolute Gasteiger partial charge is 0.326 e. The van der Waals surface area contributed by atoms with Crippen LogP contribution in [-0.4, -0.2) is 75.7 Å². The van der Waals surface area contributed by atoms with Crippen LogP contribution in [0.4, 0.5) is 0 Å². The van der Waals surface area contributed by atoms with Crippen LogP contribution in [0.3, 0.4) is 0 Å². The van der Waals surface area contributed by atoms with Gasteiger partial charge in [-0.15, -0.1) is 0 Å². The molecule has 1 fully saturated rings. The van der Waals surface area contributed by atoms with E-state index in [1.165, 1.54) is 6.92 Å². The van der Waals surface area contributed by atoms with Crippen molar-refractivity contribution in [1.82, 2.24) is 15.2 Å². The molecular weight excluding hydrogens is 681 g/mol. The van der Waals surface area contributed by atoms with Crippen LogP contribution in [-0.2, 0) is 24.4 Å². The molecule has 50 heavy (non-hydrogen) atoms. The fourth-order valence-electron chi connectivity index (χ4n) is 6.24. The number of ether oxygens (including phenoxy) is 3. The highest BCUT2D eigenvalue weighted by Crippen LogP contribution is 2.45. The summed E-state index contributed by atoms with van der Waals surface area (Å²) in [6.07, 6.45) is 5.25. The van der Waals surface area contributed by atoms with Crippen molar-refractivity contribution < 1.29 is 34.3 Å². The lowest BCUT2D eigenvalue weighted by atomic mass is 9.96. The van der Waals surface area contributed by atoms with Gasteiger partial charge in [0.2, 0.25) is 0 Å². The Morgan fingerprint density at radius 1 is 1.04 bits per heavy atom. The summed E-state index contributed by atoms with van der Waals surface area (Å²) >= 11 is 13.7. The maximum atomic E-state index is 11.8. The van der Waals surface area contributed by atoms with Crippen LogP contribution >= 0.6 is 23.2 Å². The summed E-state index contributed by atoms with van der Waals surface area (Å²) in [5.41, 5.74) is 4.02. The first kappa shape index (κ1) is 35.9. The van der Waals surface area contributed by atoms with Gasteiger partial charge in [0.1, 0.15) is 35.5 Å². The molecule has 10 nitrogen and oxygen atoms in total. The highest BCUT2D eigenvalue weighted by atomic mass is 35.5.